The zero-order chi connectivity index (χ0) is 14.7. The van der Waals surface area contributed by atoms with Gasteiger partial charge < -0.3 is 15.3 Å². The zero-order valence-corrected chi connectivity index (χ0v) is 11.7. The number of nitrogens with zero attached hydrogens (tertiary/aromatic N) is 1. The Hall–Kier alpha value is -1.76. The van der Waals surface area contributed by atoms with E-state index < -0.39 is 18.0 Å². The second kappa shape index (κ2) is 6.13. The maximum absolute atomic E-state index is 12.8. The first-order valence-electron chi connectivity index (χ1n) is 6.12. The van der Waals surface area contributed by atoms with Crippen LogP contribution in [0.5, 0.6) is 0 Å². The molecule has 2 atom stereocenters. The summed E-state index contributed by atoms with van der Waals surface area (Å²) in [6, 6.07) is 4.30. The minimum absolute atomic E-state index is 0.317. The van der Waals surface area contributed by atoms with E-state index in [0.717, 1.165) is 5.56 Å². The summed E-state index contributed by atoms with van der Waals surface area (Å²) >= 11 is 1.41. The van der Waals surface area contributed by atoms with Crippen LogP contribution < -0.4 is 5.32 Å². The summed E-state index contributed by atoms with van der Waals surface area (Å²) in [7, 11) is 0. The van der Waals surface area contributed by atoms with Crippen molar-refractivity contribution in [2.24, 2.45) is 0 Å². The number of hydrogen-bond donors (Lipinski definition) is 2. The minimum atomic E-state index is -1.00. The van der Waals surface area contributed by atoms with Gasteiger partial charge in [0, 0.05) is 5.75 Å². The first-order valence-corrected chi connectivity index (χ1v) is 7.27. The molecule has 108 valence electrons. The van der Waals surface area contributed by atoms with Crippen LogP contribution in [0.4, 0.5) is 9.18 Å². The molecule has 1 fully saturated rings. The Morgan fingerprint density at radius 3 is 2.70 bits per heavy atom. The van der Waals surface area contributed by atoms with Crippen molar-refractivity contribution in [2.75, 3.05) is 11.6 Å². The molecule has 1 heterocycles. The lowest BCUT2D eigenvalue weighted by atomic mass is 10.1. The summed E-state index contributed by atoms with van der Waals surface area (Å²) in [6.07, 6.45) is 0. The van der Waals surface area contributed by atoms with Crippen LogP contribution in [0, 0.1) is 5.82 Å². The minimum Gasteiger partial charge on any atom is -0.480 e. The largest absolute Gasteiger partial charge is 0.480 e. The molecule has 0 spiro atoms. The summed E-state index contributed by atoms with van der Waals surface area (Å²) in [5, 5.41) is 11.8. The molecule has 0 radical (unpaired) electrons. The molecule has 2 amide bonds. The maximum atomic E-state index is 12.8. The standard InChI is InChI=1S/C13H15FN2O3S/c1-8(9-2-4-10(14)5-3-9)15-13(19)16-7-20-6-11(16)12(17)18/h2-5,8,11H,6-7H2,1H3,(H,15,19)(H,17,18). The van der Waals surface area contributed by atoms with Gasteiger partial charge in [-0.3, -0.25) is 0 Å². The highest BCUT2D eigenvalue weighted by Crippen LogP contribution is 2.22. The Morgan fingerprint density at radius 1 is 1.45 bits per heavy atom. The Balaban J connectivity index is 2.00. The van der Waals surface area contributed by atoms with E-state index in [9.17, 15) is 14.0 Å². The lowest BCUT2D eigenvalue weighted by Gasteiger charge is -2.23. The van der Waals surface area contributed by atoms with E-state index in [0.29, 0.717) is 11.6 Å². The molecule has 2 N–H and O–H groups in total. The normalized spacial score (nSPS) is 19.7. The molecule has 5 nitrogen and oxygen atoms in total. The van der Waals surface area contributed by atoms with E-state index in [2.05, 4.69) is 5.32 Å². The van der Waals surface area contributed by atoms with E-state index >= 15 is 0 Å². The van der Waals surface area contributed by atoms with Crippen LogP contribution in [0.15, 0.2) is 24.3 Å². The molecule has 1 aliphatic rings. The number of carboxylic acid groups (broad SMARTS) is 1. The summed E-state index contributed by atoms with van der Waals surface area (Å²) in [6.45, 7) is 1.77. The van der Waals surface area contributed by atoms with Crippen molar-refractivity contribution in [3.05, 3.63) is 35.6 Å². The van der Waals surface area contributed by atoms with Gasteiger partial charge in [0.1, 0.15) is 11.9 Å². The lowest BCUT2D eigenvalue weighted by Crippen LogP contribution is -2.47. The van der Waals surface area contributed by atoms with Crippen molar-refractivity contribution in [1.82, 2.24) is 10.2 Å². The fourth-order valence-corrected chi connectivity index (χ4v) is 3.10. The Labute approximate surface area is 120 Å². The van der Waals surface area contributed by atoms with Gasteiger partial charge >= 0.3 is 12.0 Å². The average Bonchev–Trinajstić information content (AvgIpc) is 2.88. The molecule has 1 aromatic rings. The van der Waals surface area contributed by atoms with Gasteiger partial charge in [-0.2, -0.15) is 0 Å². The van der Waals surface area contributed by atoms with Crippen molar-refractivity contribution in [3.63, 3.8) is 0 Å². The number of amides is 2. The molecule has 1 saturated heterocycles. The number of urea groups is 1. The first kappa shape index (κ1) is 14.6. The van der Waals surface area contributed by atoms with Crippen LogP contribution in [0.25, 0.3) is 0 Å². The van der Waals surface area contributed by atoms with Gasteiger partial charge in [0.25, 0.3) is 0 Å². The highest BCUT2D eigenvalue weighted by molar-refractivity contribution is 7.99. The predicted octanol–water partition coefficient (Wildman–Crippen LogP) is 2.06. The van der Waals surface area contributed by atoms with Gasteiger partial charge in [-0.1, -0.05) is 12.1 Å². The van der Waals surface area contributed by atoms with Gasteiger partial charge in [0.05, 0.1) is 11.9 Å². The van der Waals surface area contributed by atoms with Crippen LogP contribution >= 0.6 is 11.8 Å². The smallest absolute Gasteiger partial charge is 0.327 e. The third-order valence-corrected chi connectivity index (χ3v) is 4.15. The van der Waals surface area contributed by atoms with Crippen LogP contribution in [0.2, 0.25) is 0 Å². The van der Waals surface area contributed by atoms with Crippen molar-refractivity contribution in [2.45, 2.75) is 19.0 Å². The number of rotatable bonds is 3. The first-order chi connectivity index (χ1) is 9.49. The number of nitrogens with one attached hydrogen (secondary N) is 1. The number of carbonyl (C=O) groups excluding carboxylic acids is 1. The number of benzene rings is 1. The molecule has 1 aliphatic heterocycles. The van der Waals surface area contributed by atoms with E-state index in [1.54, 1.807) is 19.1 Å². The highest BCUT2D eigenvalue weighted by atomic mass is 32.2. The Bertz CT molecular complexity index is 509. The monoisotopic (exact) mass is 298 g/mol. The van der Waals surface area contributed by atoms with Crippen LogP contribution in [0.1, 0.15) is 18.5 Å². The molecule has 2 rings (SSSR count). The van der Waals surface area contributed by atoms with Crippen LogP contribution in [-0.2, 0) is 4.79 Å². The van der Waals surface area contributed by atoms with Gasteiger partial charge in [-0.05, 0) is 24.6 Å². The second-order valence-corrected chi connectivity index (χ2v) is 5.55. The van der Waals surface area contributed by atoms with Crippen LogP contribution in [0.3, 0.4) is 0 Å². The zero-order valence-electron chi connectivity index (χ0n) is 10.9. The molecule has 20 heavy (non-hydrogen) atoms. The Morgan fingerprint density at radius 2 is 2.10 bits per heavy atom. The SMILES string of the molecule is CC(NC(=O)N1CSCC1C(=O)O)c1ccc(F)cc1. The molecule has 0 bridgehead atoms. The molecule has 1 aromatic carbocycles. The van der Waals surface area contributed by atoms with E-state index in [1.165, 1.54) is 28.8 Å². The predicted molar refractivity (Wildman–Crippen MR) is 73.9 cm³/mol. The third-order valence-electron chi connectivity index (χ3n) is 3.14. The fraction of sp³-hybridized carbons (Fsp3) is 0.385. The molecule has 0 saturated carbocycles. The fourth-order valence-electron chi connectivity index (χ4n) is 1.95. The number of hydrogen-bond acceptors (Lipinski definition) is 3. The number of thioether (sulfide) groups is 1. The average molecular weight is 298 g/mol. The summed E-state index contributed by atoms with van der Waals surface area (Å²) < 4.78 is 12.8. The maximum Gasteiger partial charge on any atom is 0.327 e. The number of carboxylic acids is 1. The molecular weight excluding hydrogens is 283 g/mol. The van der Waals surface area contributed by atoms with Crippen molar-refractivity contribution in [3.8, 4) is 0 Å². The molecule has 2 unspecified atom stereocenters. The third kappa shape index (κ3) is 3.22. The number of carbonyl (C=O) groups is 2. The van der Waals surface area contributed by atoms with Gasteiger partial charge in [-0.25, -0.2) is 14.0 Å². The topological polar surface area (TPSA) is 69.6 Å². The van der Waals surface area contributed by atoms with Gasteiger partial charge in [0.2, 0.25) is 0 Å². The molecular formula is C13H15FN2O3S. The van der Waals surface area contributed by atoms with Gasteiger partial charge in [-0.15, -0.1) is 11.8 Å². The van der Waals surface area contributed by atoms with E-state index in [1.807, 2.05) is 0 Å². The van der Waals surface area contributed by atoms with Crippen molar-refractivity contribution in [1.29, 1.82) is 0 Å². The van der Waals surface area contributed by atoms with Gasteiger partial charge in [0.15, 0.2) is 0 Å². The summed E-state index contributed by atoms with van der Waals surface area (Å²) in [5.41, 5.74) is 0.762. The van der Waals surface area contributed by atoms with Crippen LogP contribution in [-0.4, -0.2) is 39.7 Å². The van der Waals surface area contributed by atoms with Crippen molar-refractivity contribution < 1.29 is 19.1 Å². The quantitative estimate of drug-likeness (QED) is 0.896. The summed E-state index contributed by atoms with van der Waals surface area (Å²) in [4.78, 5) is 24.4. The molecule has 0 aliphatic carbocycles. The second-order valence-electron chi connectivity index (χ2n) is 4.55. The van der Waals surface area contributed by atoms with Crippen molar-refractivity contribution >= 4 is 23.8 Å². The summed E-state index contributed by atoms with van der Waals surface area (Å²) in [5.74, 6) is -0.583. The molecule has 7 heteroatoms. The lowest BCUT2D eigenvalue weighted by molar-refractivity contribution is -0.140. The number of aliphatic carboxylic acids is 1. The van der Waals surface area contributed by atoms with E-state index in [4.69, 9.17) is 5.11 Å². The highest BCUT2D eigenvalue weighted by Gasteiger charge is 2.34. The Kier molecular flexibility index (Phi) is 4.49. The number of halogens is 1. The molecule has 0 aromatic heterocycles. The van der Waals surface area contributed by atoms with E-state index in [-0.39, 0.29) is 11.9 Å².